The van der Waals surface area contributed by atoms with Gasteiger partial charge in [-0.1, -0.05) is 48.5 Å². The van der Waals surface area contributed by atoms with Crippen molar-refractivity contribution in [1.82, 2.24) is 4.57 Å². The summed E-state index contributed by atoms with van der Waals surface area (Å²) in [6.45, 7) is 4.87. The lowest BCUT2D eigenvalue weighted by Gasteiger charge is -2.23. The standard InChI is InChI=1S/C32H29F5N2O3/c1-17(2)42-26-14-7-11-20(28(26)34)27-18(3)21(15-22-23(32(35,36)37)12-8-13-24(22)33)31-39(30(27)40)25(16-41-31)29(38)19-9-5-4-6-10-19/h4-14,17,25,29H,15-16,38H2,1-3H3/t25-,29?/m1/s1. The molecule has 1 aromatic heterocycles. The zero-order valence-corrected chi connectivity index (χ0v) is 23.1. The quantitative estimate of drug-likeness (QED) is 0.235. The van der Waals surface area contributed by atoms with E-state index < -0.39 is 53.0 Å². The maximum Gasteiger partial charge on any atom is 0.416 e. The van der Waals surface area contributed by atoms with Crippen molar-refractivity contribution >= 4 is 0 Å². The molecule has 0 amide bonds. The molecule has 1 aliphatic rings. The number of hydrogen-bond donors (Lipinski definition) is 1. The molecule has 4 aromatic rings. The lowest BCUT2D eigenvalue weighted by molar-refractivity contribution is -0.138. The molecule has 220 valence electrons. The van der Waals surface area contributed by atoms with Crippen molar-refractivity contribution in [2.75, 3.05) is 6.61 Å². The van der Waals surface area contributed by atoms with E-state index in [1.807, 2.05) is 6.07 Å². The highest BCUT2D eigenvalue weighted by Gasteiger charge is 2.38. The van der Waals surface area contributed by atoms with E-state index >= 15 is 8.78 Å². The normalized spacial score (nSPS) is 15.4. The molecular weight excluding hydrogens is 555 g/mol. The van der Waals surface area contributed by atoms with Gasteiger partial charge >= 0.3 is 6.18 Å². The summed E-state index contributed by atoms with van der Waals surface area (Å²) in [4.78, 5) is 14.2. The molecule has 2 N–H and O–H groups in total. The number of nitrogens with zero attached hydrogens (tertiary/aromatic N) is 1. The lowest BCUT2D eigenvalue weighted by Crippen LogP contribution is -2.32. The Bertz CT molecular complexity index is 1680. The molecule has 0 radical (unpaired) electrons. The molecule has 2 heterocycles. The van der Waals surface area contributed by atoms with Crippen molar-refractivity contribution in [3.63, 3.8) is 0 Å². The summed E-state index contributed by atoms with van der Waals surface area (Å²) in [5.74, 6) is -1.98. The summed E-state index contributed by atoms with van der Waals surface area (Å²) in [6.07, 6.45) is -5.76. The van der Waals surface area contributed by atoms with Crippen LogP contribution in [-0.2, 0) is 12.6 Å². The van der Waals surface area contributed by atoms with Gasteiger partial charge in [-0.2, -0.15) is 13.2 Å². The third-order valence-corrected chi connectivity index (χ3v) is 7.43. The predicted octanol–water partition coefficient (Wildman–Crippen LogP) is 7.13. The average Bonchev–Trinajstić information content (AvgIpc) is 3.38. The van der Waals surface area contributed by atoms with E-state index in [9.17, 15) is 18.0 Å². The van der Waals surface area contributed by atoms with E-state index in [0.29, 0.717) is 5.56 Å². The lowest BCUT2D eigenvalue weighted by atomic mass is 9.91. The van der Waals surface area contributed by atoms with Gasteiger partial charge in [0.2, 0.25) is 5.88 Å². The molecule has 3 aromatic carbocycles. The Morgan fingerprint density at radius 1 is 1.00 bits per heavy atom. The smallest absolute Gasteiger partial charge is 0.416 e. The molecule has 5 nitrogen and oxygen atoms in total. The van der Waals surface area contributed by atoms with Crippen LogP contribution in [0.25, 0.3) is 11.1 Å². The zero-order valence-electron chi connectivity index (χ0n) is 23.1. The van der Waals surface area contributed by atoms with Crippen molar-refractivity contribution in [3.05, 3.63) is 117 Å². The Kier molecular flexibility index (Phi) is 7.85. The minimum Gasteiger partial charge on any atom is -0.488 e. The first kappa shape index (κ1) is 29.3. The minimum absolute atomic E-state index is 0.0241. The van der Waals surface area contributed by atoms with E-state index in [0.717, 1.165) is 18.2 Å². The Morgan fingerprint density at radius 2 is 1.69 bits per heavy atom. The van der Waals surface area contributed by atoms with Crippen molar-refractivity contribution in [3.8, 4) is 22.8 Å². The Hall–Kier alpha value is -4.18. The minimum atomic E-state index is -4.84. The van der Waals surface area contributed by atoms with Crippen molar-refractivity contribution < 1.29 is 31.4 Å². The van der Waals surface area contributed by atoms with Crippen LogP contribution in [-0.4, -0.2) is 17.3 Å². The number of ether oxygens (including phenoxy) is 2. The molecule has 1 unspecified atom stereocenters. The molecule has 0 aliphatic carbocycles. The molecule has 5 rings (SSSR count). The highest BCUT2D eigenvalue weighted by Crippen LogP contribution is 2.42. The van der Waals surface area contributed by atoms with Gasteiger partial charge in [-0.15, -0.1) is 0 Å². The number of benzene rings is 3. The van der Waals surface area contributed by atoms with Gasteiger partial charge in [0.15, 0.2) is 11.6 Å². The molecule has 0 spiro atoms. The molecule has 0 saturated heterocycles. The summed E-state index contributed by atoms with van der Waals surface area (Å²) in [5, 5.41) is 0. The van der Waals surface area contributed by atoms with Gasteiger partial charge in [0.1, 0.15) is 12.4 Å². The van der Waals surface area contributed by atoms with Crippen LogP contribution < -0.4 is 20.8 Å². The van der Waals surface area contributed by atoms with Crippen LogP contribution in [0.3, 0.4) is 0 Å². The fraction of sp³-hybridized carbons (Fsp3) is 0.281. The number of nitrogens with two attached hydrogens (primary N) is 1. The molecular formula is C32H29F5N2O3. The van der Waals surface area contributed by atoms with Crippen LogP contribution in [0.4, 0.5) is 22.0 Å². The maximum absolute atomic E-state index is 15.9. The first-order chi connectivity index (χ1) is 19.9. The Balaban J connectivity index is 1.78. The van der Waals surface area contributed by atoms with Crippen LogP contribution in [0.1, 0.15) is 53.7 Å². The highest BCUT2D eigenvalue weighted by atomic mass is 19.4. The van der Waals surface area contributed by atoms with Crippen molar-refractivity contribution in [1.29, 1.82) is 0 Å². The molecule has 2 atom stereocenters. The van der Waals surface area contributed by atoms with Gasteiger partial charge in [0, 0.05) is 23.1 Å². The second kappa shape index (κ2) is 11.2. The molecule has 10 heteroatoms. The fourth-order valence-electron chi connectivity index (χ4n) is 5.44. The van der Waals surface area contributed by atoms with Gasteiger partial charge in [-0.3, -0.25) is 9.36 Å². The summed E-state index contributed by atoms with van der Waals surface area (Å²) >= 11 is 0. The van der Waals surface area contributed by atoms with Crippen LogP contribution >= 0.6 is 0 Å². The largest absolute Gasteiger partial charge is 0.488 e. The number of rotatable bonds is 7. The fourth-order valence-corrected chi connectivity index (χ4v) is 5.44. The molecule has 42 heavy (non-hydrogen) atoms. The first-order valence-corrected chi connectivity index (χ1v) is 13.4. The van der Waals surface area contributed by atoms with Gasteiger partial charge in [0.05, 0.1) is 29.3 Å². The third-order valence-electron chi connectivity index (χ3n) is 7.43. The van der Waals surface area contributed by atoms with Crippen molar-refractivity contribution in [2.24, 2.45) is 5.73 Å². The van der Waals surface area contributed by atoms with Gasteiger partial charge in [0.25, 0.3) is 5.56 Å². The predicted molar refractivity (Wildman–Crippen MR) is 149 cm³/mol. The van der Waals surface area contributed by atoms with E-state index in [1.54, 1.807) is 38.1 Å². The maximum atomic E-state index is 15.9. The van der Waals surface area contributed by atoms with E-state index in [2.05, 4.69) is 0 Å². The van der Waals surface area contributed by atoms with Crippen LogP contribution in [0, 0.1) is 18.6 Å². The number of aromatic nitrogens is 1. The number of halogens is 5. The number of pyridine rings is 1. The Morgan fingerprint density at radius 3 is 2.36 bits per heavy atom. The number of fused-ring (bicyclic) bond motifs is 1. The Labute approximate surface area is 239 Å². The van der Waals surface area contributed by atoms with E-state index in [1.165, 1.54) is 29.7 Å². The number of hydrogen-bond acceptors (Lipinski definition) is 4. The topological polar surface area (TPSA) is 66.5 Å². The summed E-state index contributed by atoms with van der Waals surface area (Å²) in [5.41, 5.74) is 4.97. The van der Waals surface area contributed by atoms with Crippen molar-refractivity contribution in [2.45, 2.75) is 51.6 Å². The van der Waals surface area contributed by atoms with Gasteiger partial charge in [-0.05, 0) is 50.1 Å². The zero-order chi connectivity index (χ0) is 30.3. The SMILES string of the molecule is Cc1c(Cc2c(F)cccc2C(F)(F)F)c2n(c(=O)c1-c1cccc(OC(C)C)c1F)[C@@H](C(N)c1ccccc1)CO2. The summed E-state index contributed by atoms with van der Waals surface area (Å²) in [6, 6.07) is 14.5. The van der Waals surface area contributed by atoms with Gasteiger partial charge in [-0.25, -0.2) is 8.78 Å². The highest BCUT2D eigenvalue weighted by molar-refractivity contribution is 5.71. The molecule has 0 fully saturated rings. The average molecular weight is 585 g/mol. The first-order valence-electron chi connectivity index (χ1n) is 13.4. The van der Waals surface area contributed by atoms with Crippen LogP contribution in [0.15, 0.2) is 71.5 Å². The second-order valence-electron chi connectivity index (χ2n) is 10.5. The molecule has 0 saturated carbocycles. The van der Waals surface area contributed by atoms with E-state index in [-0.39, 0.29) is 46.6 Å². The number of alkyl halides is 3. The van der Waals surface area contributed by atoms with Crippen LogP contribution in [0.5, 0.6) is 11.6 Å². The summed E-state index contributed by atoms with van der Waals surface area (Å²) < 4.78 is 85.5. The third kappa shape index (κ3) is 5.27. The summed E-state index contributed by atoms with van der Waals surface area (Å²) in [7, 11) is 0. The van der Waals surface area contributed by atoms with Crippen LogP contribution in [0.2, 0.25) is 0 Å². The second-order valence-corrected chi connectivity index (χ2v) is 10.5. The monoisotopic (exact) mass is 584 g/mol. The molecule has 1 aliphatic heterocycles. The molecule has 0 bridgehead atoms. The van der Waals surface area contributed by atoms with Gasteiger partial charge < -0.3 is 15.2 Å². The van der Waals surface area contributed by atoms with E-state index in [4.69, 9.17) is 15.2 Å².